The van der Waals surface area contributed by atoms with Gasteiger partial charge in [0.15, 0.2) is 0 Å². The molecule has 326 valence electrons. The average Bonchev–Trinajstić information content (AvgIpc) is 3.89. The van der Waals surface area contributed by atoms with Crippen molar-refractivity contribution in [3.63, 3.8) is 0 Å². The number of fused-ring (bicyclic) bond motifs is 10. The fourth-order valence-corrected chi connectivity index (χ4v) is 14.0. The van der Waals surface area contributed by atoms with Crippen molar-refractivity contribution in [2.24, 2.45) is 0 Å². The average molecular weight is 937 g/mol. The van der Waals surface area contributed by atoms with Crippen LogP contribution in [0.1, 0.15) is 52.7 Å². The van der Waals surface area contributed by atoms with Gasteiger partial charge < -0.3 is 0 Å². The standard InChI is InChI=1S/C66H51NSe/c1-65(2,3)42-32-35-57-55(38-42)56-39-43(66(4,5)6)33-36-58(56)67(57)63-51-27-16-14-25-49(51)61(50-26-15-17-28-52(50)63)41-31-34-44-53-29-18-30-54(64(53)68-59(44)37-41)62-47-23-12-10-21-45(47)60(40-19-8-7-9-20-40)46-22-11-13-24-48(46)62/h7-39H,1-6H3. The van der Waals surface area contributed by atoms with Crippen LogP contribution in [-0.4, -0.2) is 19.1 Å². The zero-order valence-electron chi connectivity index (χ0n) is 39.4. The molecular weight excluding hydrogens is 886 g/mol. The van der Waals surface area contributed by atoms with Crippen LogP contribution in [-0.2, 0) is 10.8 Å². The summed E-state index contributed by atoms with van der Waals surface area (Å²) < 4.78 is 5.48. The number of hydrogen-bond donors (Lipinski definition) is 0. The van der Waals surface area contributed by atoms with Crippen molar-refractivity contribution in [2.45, 2.75) is 52.4 Å². The van der Waals surface area contributed by atoms with Crippen LogP contribution in [0.3, 0.4) is 0 Å². The van der Waals surface area contributed by atoms with Gasteiger partial charge >= 0.3 is 354 Å². The molecule has 0 atom stereocenters. The molecule has 0 aliphatic rings. The van der Waals surface area contributed by atoms with E-state index in [2.05, 4.69) is 246 Å². The Balaban J connectivity index is 1.05. The molecule has 0 N–H and O–H groups in total. The molecule has 68 heavy (non-hydrogen) atoms. The molecule has 0 amide bonds. The summed E-state index contributed by atoms with van der Waals surface area (Å²) in [4.78, 5) is 0. The van der Waals surface area contributed by atoms with Gasteiger partial charge in [0.1, 0.15) is 0 Å². The molecule has 13 aromatic rings. The molecule has 0 aliphatic carbocycles. The quantitative estimate of drug-likeness (QED) is 0.122. The van der Waals surface area contributed by atoms with Crippen molar-refractivity contribution in [1.29, 1.82) is 0 Å². The van der Waals surface area contributed by atoms with E-state index in [-0.39, 0.29) is 25.3 Å². The summed E-state index contributed by atoms with van der Waals surface area (Å²) >= 11 is 0.0872. The van der Waals surface area contributed by atoms with Gasteiger partial charge in [0.2, 0.25) is 0 Å². The number of rotatable bonds is 4. The molecule has 13 rings (SSSR count). The Morgan fingerprint density at radius 3 is 1.28 bits per heavy atom. The second-order valence-electron chi connectivity index (χ2n) is 20.8. The summed E-state index contributed by atoms with van der Waals surface area (Å²) in [5.41, 5.74) is 14.3. The van der Waals surface area contributed by atoms with E-state index in [1.165, 1.54) is 134 Å². The van der Waals surface area contributed by atoms with E-state index in [1.54, 1.807) is 0 Å². The fraction of sp³-hybridized carbons (Fsp3) is 0.121. The summed E-state index contributed by atoms with van der Waals surface area (Å²) in [5.74, 6) is 0. The maximum absolute atomic E-state index is 2.57. The van der Waals surface area contributed by atoms with Crippen LogP contribution in [0.2, 0.25) is 0 Å². The first-order valence-corrected chi connectivity index (χ1v) is 25.7. The minimum atomic E-state index is 0.0300. The van der Waals surface area contributed by atoms with Crippen LogP contribution in [0.4, 0.5) is 0 Å². The molecule has 1 nitrogen and oxygen atoms in total. The van der Waals surface area contributed by atoms with E-state index in [0.29, 0.717) is 0 Å². The zero-order chi connectivity index (χ0) is 46.1. The fourth-order valence-electron chi connectivity index (χ4n) is 11.3. The van der Waals surface area contributed by atoms with Gasteiger partial charge in [-0.1, -0.05) is 41.5 Å². The van der Waals surface area contributed by atoms with Crippen molar-refractivity contribution < 1.29 is 0 Å². The summed E-state index contributed by atoms with van der Waals surface area (Å²) in [6.45, 7) is 13.9. The summed E-state index contributed by atoms with van der Waals surface area (Å²) in [6.07, 6.45) is 0. The Hall–Kier alpha value is -7.22. The van der Waals surface area contributed by atoms with Crippen LogP contribution in [0, 0.1) is 0 Å². The Morgan fingerprint density at radius 2 is 0.765 bits per heavy atom. The van der Waals surface area contributed by atoms with Gasteiger partial charge in [-0.3, -0.25) is 0 Å². The molecule has 2 heteroatoms. The van der Waals surface area contributed by atoms with E-state index >= 15 is 0 Å². The normalized spacial score (nSPS) is 12.6. The van der Waals surface area contributed by atoms with E-state index in [0.717, 1.165) is 0 Å². The van der Waals surface area contributed by atoms with Gasteiger partial charge in [0, 0.05) is 0 Å². The number of benzene rings is 11. The molecule has 0 unspecified atom stereocenters. The van der Waals surface area contributed by atoms with Crippen LogP contribution >= 0.6 is 0 Å². The molecule has 0 radical (unpaired) electrons. The van der Waals surface area contributed by atoms with Crippen molar-refractivity contribution in [3.05, 3.63) is 211 Å². The molecule has 2 heterocycles. The Bertz CT molecular complexity index is 4020. The molecule has 0 spiro atoms. The predicted molar refractivity (Wildman–Crippen MR) is 296 cm³/mol. The second kappa shape index (κ2) is 15.1. The zero-order valence-corrected chi connectivity index (χ0v) is 41.1. The Labute approximate surface area is 403 Å². The van der Waals surface area contributed by atoms with E-state index in [4.69, 9.17) is 0 Å². The van der Waals surface area contributed by atoms with Gasteiger partial charge in [0.25, 0.3) is 0 Å². The second-order valence-corrected chi connectivity index (χ2v) is 23.0. The topological polar surface area (TPSA) is 4.93 Å². The number of hydrogen-bond acceptors (Lipinski definition) is 0. The van der Waals surface area contributed by atoms with Crippen LogP contribution in [0.5, 0.6) is 0 Å². The van der Waals surface area contributed by atoms with Gasteiger partial charge in [-0.25, -0.2) is 0 Å². The van der Waals surface area contributed by atoms with Gasteiger partial charge in [-0.05, 0) is 10.8 Å². The van der Waals surface area contributed by atoms with Crippen molar-refractivity contribution in [2.75, 3.05) is 0 Å². The first-order valence-electron chi connectivity index (χ1n) is 24.0. The van der Waals surface area contributed by atoms with Crippen molar-refractivity contribution in [1.82, 2.24) is 4.57 Å². The van der Waals surface area contributed by atoms with Crippen molar-refractivity contribution in [3.8, 4) is 39.1 Å². The molecule has 0 saturated heterocycles. The molecule has 0 fully saturated rings. The number of aromatic nitrogens is 1. The summed E-state index contributed by atoms with van der Waals surface area (Å²) in [5, 5.41) is 15.6. The van der Waals surface area contributed by atoms with Crippen molar-refractivity contribution >= 4 is 98.7 Å². The first-order chi connectivity index (χ1) is 33.0. The third-order valence-electron chi connectivity index (χ3n) is 14.7. The van der Waals surface area contributed by atoms with E-state index < -0.39 is 0 Å². The summed E-state index contributed by atoms with van der Waals surface area (Å²) in [7, 11) is 0. The van der Waals surface area contributed by atoms with Gasteiger partial charge in [0.05, 0.1) is 0 Å². The molecule has 0 bridgehead atoms. The third kappa shape index (κ3) is 6.21. The van der Waals surface area contributed by atoms with Gasteiger partial charge in [-0.2, -0.15) is 0 Å². The molecule has 0 aliphatic heterocycles. The van der Waals surface area contributed by atoms with Crippen LogP contribution in [0.25, 0.3) is 123 Å². The Kier molecular flexibility index (Phi) is 9.13. The molecule has 0 saturated carbocycles. The first kappa shape index (κ1) is 41.0. The maximum atomic E-state index is 2.57. The SMILES string of the molecule is CC(C)(C)c1ccc2c(c1)c1cc(C(C)(C)C)ccc1n2-c1c2ccccc2c(-c2ccc3c(c2)[se]c2c(-c4c5ccccc5c(-c5ccccc5)c5ccccc45)cccc23)c2ccccc12. The van der Waals surface area contributed by atoms with Crippen LogP contribution < -0.4 is 0 Å². The van der Waals surface area contributed by atoms with Crippen LogP contribution in [0.15, 0.2) is 200 Å². The molecular formula is C66H51NSe. The third-order valence-corrected chi connectivity index (χ3v) is 17.2. The monoisotopic (exact) mass is 937 g/mol. The number of nitrogens with zero attached hydrogens (tertiary/aromatic N) is 1. The molecule has 2 aromatic heterocycles. The Morgan fingerprint density at radius 1 is 0.324 bits per heavy atom. The predicted octanol–water partition coefficient (Wildman–Crippen LogP) is 18.4. The molecule has 11 aromatic carbocycles. The van der Waals surface area contributed by atoms with E-state index in [1.807, 2.05) is 0 Å². The van der Waals surface area contributed by atoms with E-state index in [9.17, 15) is 0 Å². The summed E-state index contributed by atoms with van der Waals surface area (Å²) in [6, 6.07) is 76.0. The van der Waals surface area contributed by atoms with Gasteiger partial charge in [-0.15, -0.1) is 0 Å². The minimum absolute atomic E-state index is 0.0300.